The van der Waals surface area contributed by atoms with Crippen LogP contribution < -0.4 is 10.1 Å². The van der Waals surface area contributed by atoms with Crippen LogP contribution in [0.1, 0.15) is 46.4 Å². The van der Waals surface area contributed by atoms with Crippen molar-refractivity contribution in [2.24, 2.45) is 0 Å². The van der Waals surface area contributed by atoms with Gasteiger partial charge >= 0.3 is 0 Å². The minimum absolute atomic E-state index is 0.0390. The van der Waals surface area contributed by atoms with E-state index in [1.54, 1.807) is 24.3 Å². The normalized spacial score (nSPS) is 19.2. The van der Waals surface area contributed by atoms with Crippen molar-refractivity contribution in [2.75, 3.05) is 18.5 Å². The van der Waals surface area contributed by atoms with Gasteiger partial charge in [-0.25, -0.2) is 4.39 Å². The fourth-order valence-electron chi connectivity index (χ4n) is 3.77. The summed E-state index contributed by atoms with van der Waals surface area (Å²) in [6.45, 7) is 1.30. The number of carbonyl (C=O) groups is 2. The van der Waals surface area contributed by atoms with E-state index in [-0.39, 0.29) is 17.5 Å². The van der Waals surface area contributed by atoms with E-state index < -0.39 is 11.7 Å². The molecule has 1 saturated heterocycles. The zero-order valence-corrected chi connectivity index (χ0v) is 14.9. The van der Waals surface area contributed by atoms with Crippen molar-refractivity contribution in [2.45, 2.75) is 31.7 Å². The lowest BCUT2D eigenvalue weighted by molar-refractivity contribution is 0.0548. The summed E-state index contributed by atoms with van der Waals surface area (Å²) in [5.41, 5.74) is 0.837. The van der Waals surface area contributed by atoms with Gasteiger partial charge in [-0.3, -0.25) is 9.59 Å². The van der Waals surface area contributed by atoms with E-state index >= 15 is 0 Å². The Morgan fingerprint density at radius 1 is 1.15 bits per heavy atom. The predicted molar refractivity (Wildman–Crippen MR) is 99.6 cm³/mol. The first-order valence-electron chi connectivity index (χ1n) is 9.27. The molecule has 6 heteroatoms. The van der Waals surface area contributed by atoms with Crippen molar-refractivity contribution in [1.82, 2.24) is 4.90 Å². The van der Waals surface area contributed by atoms with Crippen LogP contribution in [0.15, 0.2) is 42.5 Å². The van der Waals surface area contributed by atoms with Gasteiger partial charge < -0.3 is 15.0 Å². The highest BCUT2D eigenvalue weighted by atomic mass is 19.1. The number of benzene rings is 2. The minimum Gasteiger partial charge on any atom is -0.493 e. The van der Waals surface area contributed by atoms with Crippen molar-refractivity contribution in [3.8, 4) is 5.75 Å². The van der Waals surface area contributed by atoms with Gasteiger partial charge in [0.1, 0.15) is 11.6 Å². The van der Waals surface area contributed by atoms with Gasteiger partial charge in [-0.05, 0) is 49.6 Å². The third kappa shape index (κ3) is 3.52. The Morgan fingerprint density at radius 2 is 2.00 bits per heavy atom. The molecule has 0 saturated carbocycles. The van der Waals surface area contributed by atoms with Gasteiger partial charge in [0.15, 0.2) is 0 Å². The van der Waals surface area contributed by atoms with Gasteiger partial charge in [-0.2, -0.15) is 0 Å². The number of amides is 2. The van der Waals surface area contributed by atoms with Gasteiger partial charge in [0.2, 0.25) is 0 Å². The quantitative estimate of drug-likeness (QED) is 0.876. The number of rotatable bonds is 2. The lowest BCUT2D eigenvalue weighted by Gasteiger charge is -2.37. The molecular weight excluding hydrogens is 347 g/mol. The molecule has 1 atom stereocenters. The van der Waals surface area contributed by atoms with Crippen LogP contribution in [-0.2, 0) is 0 Å². The molecule has 140 valence electrons. The number of fused-ring (bicyclic) bond motifs is 2. The van der Waals surface area contributed by atoms with E-state index in [0.717, 1.165) is 32.2 Å². The molecule has 1 N–H and O–H groups in total. The molecule has 2 amide bonds. The largest absolute Gasteiger partial charge is 0.493 e. The Bertz CT molecular complexity index is 883. The second-order valence-electron chi connectivity index (χ2n) is 6.93. The molecule has 0 bridgehead atoms. The summed E-state index contributed by atoms with van der Waals surface area (Å²) < 4.78 is 19.6. The maximum absolute atomic E-state index is 13.8. The smallest absolute Gasteiger partial charge is 0.258 e. The van der Waals surface area contributed by atoms with E-state index in [0.29, 0.717) is 23.6 Å². The molecule has 0 radical (unpaired) electrons. The second-order valence-corrected chi connectivity index (χ2v) is 6.93. The van der Waals surface area contributed by atoms with Crippen LogP contribution in [0.5, 0.6) is 5.75 Å². The van der Waals surface area contributed by atoms with Crippen LogP contribution in [0.2, 0.25) is 0 Å². The summed E-state index contributed by atoms with van der Waals surface area (Å²) in [6, 6.07) is 11.0. The van der Waals surface area contributed by atoms with E-state index in [2.05, 4.69) is 5.32 Å². The fraction of sp³-hybridized carbons (Fsp3) is 0.333. The first-order valence-corrected chi connectivity index (χ1v) is 9.27. The van der Waals surface area contributed by atoms with Gasteiger partial charge in [0.05, 0.1) is 17.7 Å². The molecule has 4 rings (SSSR count). The third-order valence-electron chi connectivity index (χ3n) is 5.18. The summed E-state index contributed by atoms with van der Waals surface area (Å²) >= 11 is 0. The van der Waals surface area contributed by atoms with E-state index in [1.165, 1.54) is 18.2 Å². The van der Waals surface area contributed by atoms with E-state index in [1.807, 2.05) is 4.90 Å². The average Bonchev–Trinajstić information content (AvgIpc) is 2.68. The molecule has 5 nitrogen and oxygen atoms in total. The molecule has 2 aliphatic rings. The van der Waals surface area contributed by atoms with E-state index in [4.69, 9.17) is 4.74 Å². The molecule has 2 aromatic carbocycles. The topological polar surface area (TPSA) is 58.6 Å². The fourth-order valence-corrected chi connectivity index (χ4v) is 3.77. The zero-order valence-electron chi connectivity index (χ0n) is 14.9. The number of anilines is 1. The van der Waals surface area contributed by atoms with Gasteiger partial charge in [0.25, 0.3) is 11.8 Å². The molecule has 1 fully saturated rings. The van der Waals surface area contributed by atoms with E-state index in [9.17, 15) is 14.0 Å². The predicted octanol–water partition coefficient (Wildman–Crippen LogP) is 3.86. The van der Waals surface area contributed by atoms with Crippen LogP contribution in [0, 0.1) is 5.82 Å². The molecule has 27 heavy (non-hydrogen) atoms. The standard InChI is InChI=1S/C21H21FN2O3/c22-18-7-2-1-6-16(18)20(25)23-14-8-9-19-17(13-14)21(26)24-11-4-3-5-15(24)10-12-27-19/h1-2,6-9,13,15H,3-5,10-12H2,(H,23,25). The average molecular weight is 368 g/mol. The number of ether oxygens (including phenoxy) is 1. The minimum atomic E-state index is -0.586. The first kappa shape index (κ1) is 17.5. The second kappa shape index (κ2) is 7.39. The summed E-state index contributed by atoms with van der Waals surface area (Å²) in [5, 5.41) is 2.67. The Labute approximate surface area is 157 Å². The van der Waals surface area contributed by atoms with Gasteiger partial charge in [-0.1, -0.05) is 12.1 Å². The van der Waals surface area contributed by atoms with Gasteiger partial charge in [-0.15, -0.1) is 0 Å². The Hall–Kier alpha value is -2.89. The number of nitrogens with one attached hydrogen (secondary N) is 1. The highest BCUT2D eigenvalue weighted by Crippen LogP contribution is 2.31. The van der Waals surface area contributed by atoms with Crippen LogP contribution in [-0.4, -0.2) is 35.9 Å². The summed E-state index contributed by atoms with van der Waals surface area (Å²) in [5.74, 6) is -0.691. The van der Waals surface area contributed by atoms with Crippen LogP contribution in [0.4, 0.5) is 10.1 Å². The lowest BCUT2D eigenvalue weighted by atomic mass is 9.97. The molecule has 2 aliphatic heterocycles. The van der Waals surface area contributed by atoms with Crippen molar-refractivity contribution < 1.29 is 18.7 Å². The Balaban J connectivity index is 1.61. The zero-order chi connectivity index (χ0) is 18.8. The third-order valence-corrected chi connectivity index (χ3v) is 5.18. The monoisotopic (exact) mass is 368 g/mol. The Morgan fingerprint density at radius 3 is 2.85 bits per heavy atom. The summed E-state index contributed by atoms with van der Waals surface area (Å²) in [4.78, 5) is 27.3. The maximum atomic E-state index is 13.8. The summed E-state index contributed by atoms with van der Waals surface area (Å²) in [6.07, 6.45) is 3.95. The highest BCUT2D eigenvalue weighted by molar-refractivity contribution is 6.05. The van der Waals surface area contributed by atoms with Crippen molar-refractivity contribution in [1.29, 1.82) is 0 Å². The number of hydrogen-bond acceptors (Lipinski definition) is 3. The van der Waals surface area contributed by atoms with Crippen molar-refractivity contribution in [3.05, 3.63) is 59.4 Å². The lowest BCUT2D eigenvalue weighted by Crippen LogP contribution is -2.45. The van der Waals surface area contributed by atoms with Gasteiger partial charge in [0, 0.05) is 24.7 Å². The number of piperidine rings is 1. The molecule has 0 spiro atoms. The van der Waals surface area contributed by atoms with Crippen LogP contribution in [0.3, 0.4) is 0 Å². The first-order chi connectivity index (χ1) is 13.1. The van der Waals surface area contributed by atoms with Crippen LogP contribution in [0.25, 0.3) is 0 Å². The maximum Gasteiger partial charge on any atom is 0.258 e. The van der Waals surface area contributed by atoms with Crippen molar-refractivity contribution in [3.63, 3.8) is 0 Å². The van der Waals surface area contributed by atoms with Crippen LogP contribution >= 0.6 is 0 Å². The number of hydrogen-bond donors (Lipinski definition) is 1. The molecular formula is C21H21FN2O3. The molecule has 0 aliphatic carbocycles. The number of nitrogens with zero attached hydrogens (tertiary/aromatic N) is 1. The SMILES string of the molecule is O=C(Nc1ccc2c(c1)C(=O)N1CCCCC1CCO2)c1ccccc1F. The Kier molecular flexibility index (Phi) is 4.79. The number of halogens is 1. The number of carbonyl (C=O) groups excluding carboxylic acids is 2. The van der Waals surface area contributed by atoms with Crippen molar-refractivity contribution >= 4 is 17.5 Å². The highest BCUT2D eigenvalue weighted by Gasteiger charge is 2.31. The molecule has 1 unspecified atom stereocenters. The molecule has 0 aromatic heterocycles. The molecule has 2 aromatic rings. The summed E-state index contributed by atoms with van der Waals surface area (Å²) in [7, 11) is 0. The molecule has 2 heterocycles.